The van der Waals surface area contributed by atoms with Gasteiger partial charge >= 0.3 is 5.97 Å². The van der Waals surface area contributed by atoms with Crippen LogP contribution in [0.3, 0.4) is 0 Å². The molecule has 5 heteroatoms. The Morgan fingerprint density at radius 1 is 1.35 bits per heavy atom. The van der Waals surface area contributed by atoms with Gasteiger partial charge in [-0.1, -0.05) is 6.07 Å². The first-order valence-corrected chi connectivity index (χ1v) is 6.62. The summed E-state index contributed by atoms with van der Waals surface area (Å²) in [5.41, 5.74) is 1.04. The smallest absolute Gasteiger partial charge is 0.340 e. The van der Waals surface area contributed by atoms with Gasteiger partial charge in [-0.2, -0.15) is 0 Å². The molecule has 1 amide bonds. The van der Waals surface area contributed by atoms with Crippen LogP contribution in [0, 0.1) is 0 Å². The molecule has 0 radical (unpaired) electrons. The summed E-state index contributed by atoms with van der Waals surface area (Å²) in [5.74, 6) is -0.426. The van der Waals surface area contributed by atoms with Gasteiger partial charge in [-0.25, -0.2) is 4.79 Å². The van der Waals surface area contributed by atoms with E-state index in [1.165, 1.54) is 7.11 Å². The van der Waals surface area contributed by atoms with Crippen LogP contribution in [0.15, 0.2) is 18.2 Å². The number of nitrogens with zero attached hydrogens (tertiary/aromatic N) is 1. The monoisotopic (exact) mass is 276 g/mol. The number of esters is 1. The van der Waals surface area contributed by atoms with E-state index < -0.39 is 11.5 Å². The first-order chi connectivity index (χ1) is 9.29. The van der Waals surface area contributed by atoms with Crippen LogP contribution in [-0.2, 0) is 9.53 Å². The minimum Gasteiger partial charge on any atom is -0.465 e. The van der Waals surface area contributed by atoms with Crippen molar-refractivity contribution in [2.45, 2.75) is 39.3 Å². The lowest BCUT2D eigenvalue weighted by Crippen LogP contribution is -2.56. The van der Waals surface area contributed by atoms with Gasteiger partial charge in [0.05, 0.1) is 24.0 Å². The highest BCUT2D eigenvalue weighted by Crippen LogP contribution is 2.39. The van der Waals surface area contributed by atoms with Gasteiger partial charge in [0.2, 0.25) is 0 Å². The number of methoxy groups -OCH3 is 1. The second kappa shape index (κ2) is 4.81. The van der Waals surface area contributed by atoms with Crippen molar-refractivity contribution in [1.82, 2.24) is 0 Å². The van der Waals surface area contributed by atoms with E-state index >= 15 is 0 Å². The average molecular weight is 276 g/mol. The van der Waals surface area contributed by atoms with Crippen LogP contribution in [0.2, 0.25) is 0 Å². The molecule has 0 aromatic heterocycles. The molecule has 0 spiro atoms. The van der Waals surface area contributed by atoms with Gasteiger partial charge in [-0.15, -0.1) is 0 Å². The zero-order valence-corrected chi connectivity index (χ0v) is 12.5. The van der Waals surface area contributed by atoms with E-state index in [2.05, 4.69) is 5.32 Å². The van der Waals surface area contributed by atoms with Gasteiger partial charge in [0.15, 0.2) is 0 Å². The highest BCUT2D eigenvalue weighted by Gasteiger charge is 2.41. The fourth-order valence-electron chi connectivity index (χ4n) is 2.44. The van der Waals surface area contributed by atoms with Crippen molar-refractivity contribution in [2.75, 3.05) is 17.3 Å². The van der Waals surface area contributed by atoms with Crippen LogP contribution in [0.25, 0.3) is 0 Å². The molecule has 0 aliphatic carbocycles. The molecule has 1 aromatic rings. The fourth-order valence-corrected chi connectivity index (χ4v) is 2.44. The van der Waals surface area contributed by atoms with Gasteiger partial charge in [-0.05, 0) is 39.8 Å². The molecule has 0 atom stereocenters. The van der Waals surface area contributed by atoms with Gasteiger partial charge < -0.3 is 15.0 Å². The fraction of sp³-hybridized carbons (Fsp3) is 0.467. The van der Waals surface area contributed by atoms with Crippen LogP contribution >= 0.6 is 0 Å². The maximum atomic E-state index is 12.5. The first-order valence-electron chi connectivity index (χ1n) is 6.62. The zero-order chi connectivity index (χ0) is 15.1. The number of para-hydroxylation sites is 1. The summed E-state index contributed by atoms with van der Waals surface area (Å²) in [5, 5.41) is 3.16. The first kappa shape index (κ1) is 14.4. The molecule has 0 saturated heterocycles. The van der Waals surface area contributed by atoms with Crippen LogP contribution < -0.4 is 10.2 Å². The van der Waals surface area contributed by atoms with Crippen LogP contribution in [0.5, 0.6) is 0 Å². The van der Waals surface area contributed by atoms with Crippen molar-refractivity contribution >= 4 is 23.3 Å². The lowest BCUT2D eigenvalue weighted by atomic mass is 9.95. The highest BCUT2D eigenvalue weighted by atomic mass is 16.5. The molecule has 108 valence electrons. The number of nitrogens with one attached hydrogen (secondary N) is 1. The number of amides is 1. The van der Waals surface area contributed by atoms with E-state index in [-0.39, 0.29) is 11.9 Å². The van der Waals surface area contributed by atoms with E-state index in [1.807, 2.05) is 33.8 Å². The summed E-state index contributed by atoms with van der Waals surface area (Å²) in [4.78, 5) is 26.2. The lowest BCUT2D eigenvalue weighted by Gasteiger charge is -2.42. The summed E-state index contributed by atoms with van der Waals surface area (Å²) in [6.45, 7) is 7.52. The molecule has 0 fully saturated rings. The molecule has 0 saturated carbocycles. The second-order valence-electron chi connectivity index (χ2n) is 5.71. The Bertz CT molecular complexity index is 564. The molecule has 5 nitrogen and oxygen atoms in total. The Kier molecular flexibility index (Phi) is 3.46. The molecule has 1 N–H and O–H groups in total. The normalized spacial score (nSPS) is 16.7. The highest BCUT2D eigenvalue weighted by molar-refractivity contribution is 6.11. The molecular formula is C15H20N2O3. The molecule has 1 aliphatic rings. The average Bonchev–Trinajstić information content (AvgIpc) is 2.38. The van der Waals surface area contributed by atoms with E-state index in [1.54, 1.807) is 17.0 Å². The number of benzene rings is 1. The topological polar surface area (TPSA) is 58.6 Å². The largest absolute Gasteiger partial charge is 0.465 e. The zero-order valence-electron chi connectivity index (χ0n) is 12.5. The number of carbonyl (C=O) groups is 2. The van der Waals surface area contributed by atoms with Crippen LogP contribution in [0.4, 0.5) is 11.4 Å². The lowest BCUT2D eigenvalue weighted by molar-refractivity contribution is -0.122. The number of fused-ring (bicyclic) bond motifs is 1. The number of rotatable bonds is 2. The quantitative estimate of drug-likeness (QED) is 0.843. The number of ether oxygens (including phenoxy) is 1. The van der Waals surface area contributed by atoms with Crippen LogP contribution in [-0.4, -0.2) is 30.6 Å². The van der Waals surface area contributed by atoms with Crippen molar-refractivity contribution in [1.29, 1.82) is 0 Å². The molecule has 0 bridgehead atoms. The van der Waals surface area contributed by atoms with Crippen molar-refractivity contribution in [3.8, 4) is 0 Å². The Labute approximate surface area is 118 Å². The molecule has 20 heavy (non-hydrogen) atoms. The van der Waals surface area contributed by atoms with E-state index in [4.69, 9.17) is 4.74 Å². The Morgan fingerprint density at radius 3 is 2.55 bits per heavy atom. The van der Waals surface area contributed by atoms with E-state index in [0.29, 0.717) is 16.9 Å². The summed E-state index contributed by atoms with van der Waals surface area (Å²) < 4.78 is 4.81. The Balaban J connectivity index is 2.66. The molecule has 1 heterocycles. The van der Waals surface area contributed by atoms with Gasteiger partial charge in [-0.3, -0.25) is 4.79 Å². The summed E-state index contributed by atoms with van der Waals surface area (Å²) >= 11 is 0. The minimum atomic E-state index is -0.763. The summed E-state index contributed by atoms with van der Waals surface area (Å²) in [7, 11) is 1.35. The maximum absolute atomic E-state index is 12.5. The number of carbonyl (C=O) groups excluding carboxylic acids is 2. The van der Waals surface area contributed by atoms with Crippen molar-refractivity contribution in [3.63, 3.8) is 0 Å². The molecule has 2 rings (SSSR count). The summed E-state index contributed by atoms with van der Waals surface area (Å²) in [6, 6.07) is 5.30. The third-order valence-electron chi connectivity index (χ3n) is 3.41. The number of hydrogen-bond donors (Lipinski definition) is 1. The number of anilines is 2. The van der Waals surface area contributed by atoms with Gasteiger partial charge in [0.25, 0.3) is 5.91 Å². The second-order valence-corrected chi connectivity index (χ2v) is 5.71. The molecule has 1 aliphatic heterocycles. The molecule has 0 unspecified atom stereocenters. The van der Waals surface area contributed by atoms with E-state index in [9.17, 15) is 9.59 Å². The van der Waals surface area contributed by atoms with Gasteiger partial charge in [0.1, 0.15) is 5.54 Å². The van der Waals surface area contributed by atoms with Crippen LogP contribution in [0.1, 0.15) is 38.1 Å². The SMILES string of the molecule is COC(=O)c1cccc2c1NC(C)(C)C(=O)N2C(C)C. The standard InChI is InChI=1S/C15H20N2O3/c1-9(2)17-11-8-6-7-10(13(18)20-5)12(11)16-15(3,4)14(17)19/h6-9,16H,1-5H3. The predicted octanol–water partition coefficient (Wildman–Crippen LogP) is 2.42. The van der Waals surface area contributed by atoms with Crippen molar-refractivity contribution < 1.29 is 14.3 Å². The Hall–Kier alpha value is -2.04. The van der Waals surface area contributed by atoms with E-state index in [0.717, 1.165) is 0 Å². The molecular weight excluding hydrogens is 256 g/mol. The summed E-state index contributed by atoms with van der Waals surface area (Å²) in [6.07, 6.45) is 0. The Morgan fingerprint density at radius 2 is 2.00 bits per heavy atom. The predicted molar refractivity (Wildman–Crippen MR) is 78.1 cm³/mol. The maximum Gasteiger partial charge on any atom is 0.340 e. The number of hydrogen-bond acceptors (Lipinski definition) is 4. The minimum absolute atomic E-state index is 0.00974. The third-order valence-corrected chi connectivity index (χ3v) is 3.41. The molecule has 1 aromatic carbocycles. The van der Waals surface area contributed by atoms with Crippen molar-refractivity contribution in [3.05, 3.63) is 23.8 Å². The van der Waals surface area contributed by atoms with Gasteiger partial charge in [0, 0.05) is 6.04 Å². The van der Waals surface area contributed by atoms with Crippen molar-refractivity contribution in [2.24, 2.45) is 0 Å². The third kappa shape index (κ3) is 2.13.